The first-order valence-corrected chi connectivity index (χ1v) is 7.42. The molecule has 2 aromatic carbocycles. The van der Waals surface area contributed by atoms with E-state index >= 15 is 0 Å². The first-order valence-electron chi connectivity index (χ1n) is 6.62. The predicted octanol–water partition coefficient (Wildman–Crippen LogP) is 4.07. The second kappa shape index (κ2) is 7.43. The van der Waals surface area contributed by atoms with Crippen LogP contribution in [0.15, 0.2) is 46.9 Å². The van der Waals surface area contributed by atoms with Crippen molar-refractivity contribution in [3.63, 3.8) is 0 Å². The van der Waals surface area contributed by atoms with Crippen LogP contribution >= 0.6 is 15.9 Å². The van der Waals surface area contributed by atoms with Crippen LogP contribution in [0.4, 0.5) is 4.39 Å². The van der Waals surface area contributed by atoms with Gasteiger partial charge in [-0.3, -0.25) is 0 Å². The van der Waals surface area contributed by atoms with Gasteiger partial charge >= 0.3 is 0 Å². The van der Waals surface area contributed by atoms with Crippen molar-refractivity contribution in [1.29, 1.82) is 0 Å². The molecule has 0 saturated heterocycles. The SMILES string of the molecule is C[C@H](N)c1ccc(F)cc1OCCOc1ccc(Br)cc1. The average molecular weight is 354 g/mol. The van der Waals surface area contributed by atoms with Crippen LogP contribution in [0.25, 0.3) is 0 Å². The summed E-state index contributed by atoms with van der Waals surface area (Å²) in [4.78, 5) is 0. The lowest BCUT2D eigenvalue weighted by atomic mass is 10.1. The van der Waals surface area contributed by atoms with Gasteiger partial charge in [-0.15, -0.1) is 0 Å². The van der Waals surface area contributed by atoms with Crippen LogP contribution in [0.2, 0.25) is 0 Å². The third-order valence-electron chi connectivity index (χ3n) is 2.89. The minimum absolute atomic E-state index is 0.215. The van der Waals surface area contributed by atoms with E-state index in [2.05, 4.69) is 15.9 Å². The normalized spacial score (nSPS) is 12.0. The summed E-state index contributed by atoms with van der Waals surface area (Å²) in [5, 5.41) is 0. The molecule has 1 atom stereocenters. The van der Waals surface area contributed by atoms with Crippen molar-refractivity contribution in [2.24, 2.45) is 5.73 Å². The molecule has 0 spiro atoms. The van der Waals surface area contributed by atoms with Gasteiger partial charge in [-0.2, -0.15) is 0 Å². The fourth-order valence-electron chi connectivity index (χ4n) is 1.85. The molecule has 0 amide bonds. The van der Waals surface area contributed by atoms with Crippen LogP contribution in [0.3, 0.4) is 0 Å². The van der Waals surface area contributed by atoms with Crippen molar-refractivity contribution in [3.05, 3.63) is 58.3 Å². The zero-order valence-electron chi connectivity index (χ0n) is 11.7. The summed E-state index contributed by atoms with van der Waals surface area (Å²) in [5.74, 6) is 0.876. The highest BCUT2D eigenvalue weighted by Crippen LogP contribution is 2.24. The second-order valence-electron chi connectivity index (χ2n) is 4.62. The third-order valence-corrected chi connectivity index (χ3v) is 3.42. The Balaban J connectivity index is 1.88. The van der Waals surface area contributed by atoms with Gasteiger partial charge in [0.15, 0.2) is 0 Å². The number of nitrogens with two attached hydrogens (primary N) is 1. The van der Waals surface area contributed by atoms with E-state index in [4.69, 9.17) is 15.2 Å². The Morgan fingerprint density at radius 3 is 2.43 bits per heavy atom. The highest BCUT2D eigenvalue weighted by Gasteiger charge is 2.09. The summed E-state index contributed by atoms with van der Waals surface area (Å²) < 4.78 is 25.4. The molecule has 112 valence electrons. The van der Waals surface area contributed by atoms with Gasteiger partial charge in [0.25, 0.3) is 0 Å². The van der Waals surface area contributed by atoms with E-state index in [0.717, 1.165) is 15.8 Å². The fraction of sp³-hybridized carbons (Fsp3) is 0.250. The van der Waals surface area contributed by atoms with Gasteiger partial charge < -0.3 is 15.2 Å². The van der Waals surface area contributed by atoms with Crippen molar-refractivity contribution in [2.75, 3.05) is 13.2 Å². The Bertz CT molecular complexity index is 587. The molecule has 0 aliphatic heterocycles. The number of rotatable bonds is 6. The van der Waals surface area contributed by atoms with Crippen molar-refractivity contribution in [1.82, 2.24) is 0 Å². The van der Waals surface area contributed by atoms with E-state index in [1.165, 1.54) is 12.1 Å². The van der Waals surface area contributed by atoms with Crippen LogP contribution in [-0.4, -0.2) is 13.2 Å². The second-order valence-corrected chi connectivity index (χ2v) is 5.54. The summed E-state index contributed by atoms with van der Waals surface area (Å²) in [7, 11) is 0. The molecular weight excluding hydrogens is 337 g/mol. The maximum atomic E-state index is 13.3. The molecule has 0 fully saturated rings. The highest BCUT2D eigenvalue weighted by molar-refractivity contribution is 9.10. The summed E-state index contributed by atoms with van der Waals surface area (Å²) in [6.45, 7) is 2.52. The molecule has 2 rings (SSSR count). The molecule has 2 aromatic rings. The standard InChI is InChI=1S/C16H17BrFNO2/c1-11(19)15-7-4-13(18)10-16(15)21-9-8-20-14-5-2-12(17)3-6-14/h2-7,10-11H,8-9,19H2,1H3/t11-/m0/s1. The van der Waals surface area contributed by atoms with Gasteiger partial charge in [-0.25, -0.2) is 4.39 Å². The maximum Gasteiger partial charge on any atom is 0.127 e. The topological polar surface area (TPSA) is 44.5 Å². The van der Waals surface area contributed by atoms with Gasteiger partial charge in [0.2, 0.25) is 0 Å². The molecule has 3 nitrogen and oxygen atoms in total. The van der Waals surface area contributed by atoms with Crippen LogP contribution in [-0.2, 0) is 0 Å². The van der Waals surface area contributed by atoms with Crippen molar-refractivity contribution >= 4 is 15.9 Å². The summed E-state index contributed by atoms with van der Waals surface area (Å²) in [6, 6.07) is 11.7. The number of ether oxygens (including phenoxy) is 2. The number of benzene rings is 2. The van der Waals surface area contributed by atoms with Crippen molar-refractivity contribution in [3.8, 4) is 11.5 Å². The third kappa shape index (κ3) is 4.72. The van der Waals surface area contributed by atoms with Gasteiger partial charge in [-0.05, 0) is 37.3 Å². The van der Waals surface area contributed by atoms with E-state index in [1.807, 2.05) is 31.2 Å². The van der Waals surface area contributed by atoms with Gasteiger partial charge in [0.1, 0.15) is 30.5 Å². The van der Waals surface area contributed by atoms with E-state index in [1.54, 1.807) is 6.07 Å². The lowest BCUT2D eigenvalue weighted by Gasteiger charge is -2.14. The minimum Gasteiger partial charge on any atom is -0.490 e. The lowest BCUT2D eigenvalue weighted by Crippen LogP contribution is -2.13. The summed E-state index contributed by atoms with van der Waals surface area (Å²) >= 11 is 3.36. The van der Waals surface area contributed by atoms with Crippen molar-refractivity contribution in [2.45, 2.75) is 13.0 Å². The number of hydrogen-bond acceptors (Lipinski definition) is 3. The van der Waals surface area contributed by atoms with Crippen LogP contribution in [0.1, 0.15) is 18.5 Å². The monoisotopic (exact) mass is 353 g/mol. The van der Waals surface area contributed by atoms with E-state index in [0.29, 0.717) is 19.0 Å². The maximum absolute atomic E-state index is 13.3. The molecular formula is C16H17BrFNO2. The zero-order valence-corrected chi connectivity index (χ0v) is 13.3. The molecule has 0 heterocycles. The van der Waals surface area contributed by atoms with E-state index in [-0.39, 0.29) is 11.9 Å². The highest BCUT2D eigenvalue weighted by atomic mass is 79.9. The number of hydrogen-bond donors (Lipinski definition) is 1. The Hall–Kier alpha value is -1.59. The van der Waals surface area contributed by atoms with Gasteiger partial charge in [0.05, 0.1) is 0 Å². The summed E-state index contributed by atoms with van der Waals surface area (Å²) in [6.07, 6.45) is 0. The molecule has 21 heavy (non-hydrogen) atoms. The fourth-order valence-corrected chi connectivity index (χ4v) is 2.12. The molecule has 0 saturated carbocycles. The Kier molecular flexibility index (Phi) is 5.59. The molecule has 0 bridgehead atoms. The van der Waals surface area contributed by atoms with Gasteiger partial charge in [-0.1, -0.05) is 22.0 Å². The Labute approximate surface area is 132 Å². The van der Waals surface area contributed by atoms with Crippen LogP contribution in [0.5, 0.6) is 11.5 Å². The lowest BCUT2D eigenvalue weighted by molar-refractivity contribution is 0.215. The molecule has 0 aromatic heterocycles. The van der Waals surface area contributed by atoms with Crippen LogP contribution < -0.4 is 15.2 Å². The zero-order chi connectivity index (χ0) is 15.2. The number of halogens is 2. The largest absolute Gasteiger partial charge is 0.490 e. The molecule has 0 aliphatic carbocycles. The van der Waals surface area contributed by atoms with Crippen molar-refractivity contribution < 1.29 is 13.9 Å². The minimum atomic E-state index is -0.344. The Morgan fingerprint density at radius 2 is 1.76 bits per heavy atom. The summed E-state index contributed by atoms with van der Waals surface area (Å²) in [5.41, 5.74) is 6.61. The first kappa shape index (κ1) is 15.8. The molecule has 0 radical (unpaired) electrons. The predicted molar refractivity (Wildman–Crippen MR) is 84.1 cm³/mol. The Morgan fingerprint density at radius 1 is 1.10 bits per heavy atom. The molecule has 0 aliphatic rings. The van der Waals surface area contributed by atoms with E-state index in [9.17, 15) is 4.39 Å². The van der Waals surface area contributed by atoms with Gasteiger partial charge in [0, 0.05) is 22.1 Å². The molecule has 2 N–H and O–H groups in total. The van der Waals surface area contributed by atoms with Crippen LogP contribution in [0, 0.1) is 5.82 Å². The van der Waals surface area contributed by atoms with E-state index < -0.39 is 0 Å². The first-order chi connectivity index (χ1) is 10.1. The average Bonchev–Trinajstić information content (AvgIpc) is 2.45. The quantitative estimate of drug-likeness (QED) is 0.796. The smallest absolute Gasteiger partial charge is 0.127 e. The molecule has 0 unspecified atom stereocenters. The molecule has 5 heteroatoms.